The fourth-order valence-electron chi connectivity index (χ4n) is 1.90. The van der Waals surface area contributed by atoms with Crippen molar-refractivity contribution in [3.63, 3.8) is 0 Å². The molecule has 5 nitrogen and oxygen atoms in total. The molecule has 1 aromatic heterocycles. The highest BCUT2D eigenvalue weighted by atomic mass is 16.5. The van der Waals surface area contributed by atoms with Crippen molar-refractivity contribution >= 4 is 11.6 Å². The van der Waals surface area contributed by atoms with E-state index in [1.807, 2.05) is 19.1 Å². The average molecular weight is 288 g/mol. The van der Waals surface area contributed by atoms with Gasteiger partial charge in [0.2, 0.25) is 5.91 Å². The van der Waals surface area contributed by atoms with Gasteiger partial charge in [0.05, 0.1) is 19.6 Å². The van der Waals surface area contributed by atoms with Gasteiger partial charge in [0, 0.05) is 12.7 Å². The number of nitrogen functional groups attached to an aromatic ring is 1. The van der Waals surface area contributed by atoms with Gasteiger partial charge in [-0.3, -0.25) is 4.79 Å². The first-order valence-corrected chi connectivity index (χ1v) is 6.82. The van der Waals surface area contributed by atoms with Crippen LogP contribution in [0.25, 0.3) is 0 Å². The van der Waals surface area contributed by atoms with Crippen LogP contribution in [0.4, 0.5) is 5.69 Å². The Balaban J connectivity index is 1.74. The number of ether oxygens (including phenoxy) is 1. The third kappa shape index (κ3) is 4.56. The molecule has 1 amide bonds. The van der Waals surface area contributed by atoms with Crippen LogP contribution in [0.3, 0.4) is 0 Å². The van der Waals surface area contributed by atoms with Crippen molar-refractivity contribution in [3.05, 3.63) is 47.9 Å². The van der Waals surface area contributed by atoms with E-state index in [2.05, 4.69) is 0 Å². The molecule has 0 spiro atoms. The maximum absolute atomic E-state index is 12.0. The lowest BCUT2D eigenvalue weighted by Crippen LogP contribution is -2.27. The third-order valence-corrected chi connectivity index (χ3v) is 3.08. The quantitative estimate of drug-likeness (QED) is 0.830. The highest BCUT2D eigenvalue weighted by molar-refractivity contribution is 5.75. The molecule has 0 fully saturated rings. The van der Waals surface area contributed by atoms with Crippen LogP contribution in [0.1, 0.15) is 17.9 Å². The zero-order valence-electron chi connectivity index (χ0n) is 12.3. The number of anilines is 1. The second kappa shape index (κ2) is 6.83. The molecule has 2 rings (SSSR count). The molecule has 112 valence electrons. The molecule has 0 aliphatic heterocycles. The summed E-state index contributed by atoms with van der Waals surface area (Å²) in [5, 5.41) is 0. The summed E-state index contributed by atoms with van der Waals surface area (Å²) in [5.41, 5.74) is 6.28. The second-order valence-corrected chi connectivity index (χ2v) is 4.93. The molecule has 0 bridgehead atoms. The maximum Gasteiger partial charge on any atom is 0.226 e. The van der Waals surface area contributed by atoms with Crippen LogP contribution in [-0.2, 0) is 11.3 Å². The first-order valence-electron chi connectivity index (χ1n) is 6.82. The van der Waals surface area contributed by atoms with Crippen molar-refractivity contribution in [1.29, 1.82) is 0 Å². The molecule has 1 aromatic carbocycles. The Labute approximate surface area is 124 Å². The fraction of sp³-hybridized carbons (Fsp3) is 0.312. The minimum absolute atomic E-state index is 0.0134. The molecule has 0 aliphatic carbocycles. The number of aryl methyl sites for hydroxylation is 1. The van der Waals surface area contributed by atoms with E-state index in [4.69, 9.17) is 14.9 Å². The Morgan fingerprint density at radius 1 is 1.24 bits per heavy atom. The van der Waals surface area contributed by atoms with Gasteiger partial charge >= 0.3 is 0 Å². The Morgan fingerprint density at radius 2 is 1.95 bits per heavy atom. The van der Waals surface area contributed by atoms with Gasteiger partial charge in [-0.15, -0.1) is 0 Å². The van der Waals surface area contributed by atoms with Crippen LogP contribution in [0.5, 0.6) is 5.75 Å². The molecule has 2 N–H and O–H groups in total. The van der Waals surface area contributed by atoms with Crippen molar-refractivity contribution in [2.24, 2.45) is 0 Å². The largest absolute Gasteiger partial charge is 0.493 e. The molecular weight excluding hydrogens is 268 g/mol. The summed E-state index contributed by atoms with van der Waals surface area (Å²) in [5.74, 6) is 2.35. The standard InChI is InChI=1S/C16H20N2O3/c1-12-3-6-15(21-12)11-18(2)16(19)9-10-20-14-7-4-13(17)5-8-14/h3-8H,9-11,17H2,1-2H3. The van der Waals surface area contributed by atoms with E-state index in [1.54, 1.807) is 36.2 Å². The van der Waals surface area contributed by atoms with Crippen molar-refractivity contribution in [2.75, 3.05) is 19.4 Å². The molecule has 1 heterocycles. The topological polar surface area (TPSA) is 68.7 Å². The summed E-state index contributed by atoms with van der Waals surface area (Å²) in [6, 6.07) is 10.9. The van der Waals surface area contributed by atoms with Gasteiger partial charge in [-0.05, 0) is 43.3 Å². The number of nitrogens with two attached hydrogens (primary N) is 1. The zero-order valence-corrected chi connectivity index (χ0v) is 12.3. The third-order valence-electron chi connectivity index (χ3n) is 3.08. The van der Waals surface area contributed by atoms with E-state index < -0.39 is 0 Å². The van der Waals surface area contributed by atoms with Crippen molar-refractivity contribution in [3.8, 4) is 5.75 Å². The molecular formula is C16H20N2O3. The number of carbonyl (C=O) groups excluding carboxylic acids is 1. The van der Waals surface area contributed by atoms with E-state index >= 15 is 0 Å². The zero-order chi connectivity index (χ0) is 15.2. The summed E-state index contributed by atoms with van der Waals surface area (Å²) >= 11 is 0. The summed E-state index contributed by atoms with van der Waals surface area (Å²) in [7, 11) is 1.75. The van der Waals surface area contributed by atoms with Crippen LogP contribution in [0.2, 0.25) is 0 Å². The lowest BCUT2D eigenvalue weighted by Gasteiger charge is -2.16. The number of hydrogen-bond acceptors (Lipinski definition) is 4. The van der Waals surface area contributed by atoms with Gasteiger partial charge < -0.3 is 19.8 Å². The number of amides is 1. The number of carbonyl (C=O) groups is 1. The Hall–Kier alpha value is -2.43. The molecule has 0 atom stereocenters. The minimum atomic E-state index is 0.0134. The van der Waals surface area contributed by atoms with Crippen molar-refractivity contribution < 1.29 is 13.9 Å². The Bertz CT molecular complexity index is 590. The summed E-state index contributed by atoms with van der Waals surface area (Å²) in [6.45, 7) is 2.69. The van der Waals surface area contributed by atoms with Crippen molar-refractivity contribution in [2.45, 2.75) is 19.9 Å². The van der Waals surface area contributed by atoms with E-state index in [-0.39, 0.29) is 5.91 Å². The van der Waals surface area contributed by atoms with E-state index in [0.29, 0.717) is 31.0 Å². The molecule has 0 saturated carbocycles. The van der Waals surface area contributed by atoms with Crippen LogP contribution in [-0.4, -0.2) is 24.5 Å². The van der Waals surface area contributed by atoms with E-state index in [9.17, 15) is 4.79 Å². The SMILES string of the molecule is Cc1ccc(CN(C)C(=O)CCOc2ccc(N)cc2)o1. The predicted molar refractivity (Wildman–Crippen MR) is 80.9 cm³/mol. The van der Waals surface area contributed by atoms with Crippen LogP contribution in [0.15, 0.2) is 40.8 Å². The van der Waals surface area contributed by atoms with Crippen molar-refractivity contribution in [1.82, 2.24) is 4.90 Å². The van der Waals surface area contributed by atoms with Gasteiger partial charge in [-0.25, -0.2) is 0 Å². The number of benzene rings is 1. The Morgan fingerprint density at radius 3 is 2.57 bits per heavy atom. The number of hydrogen-bond donors (Lipinski definition) is 1. The fourth-order valence-corrected chi connectivity index (χ4v) is 1.90. The molecule has 0 radical (unpaired) electrons. The molecule has 0 aliphatic rings. The second-order valence-electron chi connectivity index (χ2n) is 4.93. The Kier molecular flexibility index (Phi) is 4.87. The van der Waals surface area contributed by atoms with Gasteiger partial charge in [0.15, 0.2) is 0 Å². The average Bonchev–Trinajstić information content (AvgIpc) is 2.86. The van der Waals surface area contributed by atoms with Crippen LogP contribution < -0.4 is 10.5 Å². The number of rotatable bonds is 6. The summed E-state index contributed by atoms with van der Waals surface area (Å²) in [4.78, 5) is 13.6. The lowest BCUT2D eigenvalue weighted by molar-refractivity contribution is -0.131. The predicted octanol–water partition coefficient (Wildman–Crippen LogP) is 2.60. The first kappa shape index (κ1) is 15.0. The van der Waals surface area contributed by atoms with E-state index in [1.165, 1.54) is 0 Å². The molecule has 0 saturated heterocycles. The normalized spacial score (nSPS) is 10.4. The van der Waals surface area contributed by atoms with Gasteiger partial charge in [-0.1, -0.05) is 0 Å². The highest BCUT2D eigenvalue weighted by Gasteiger charge is 2.11. The van der Waals surface area contributed by atoms with Gasteiger partial charge in [-0.2, -0.15) is 0 Å². The monoisotopic (exact) mass is 288 g/mol. The van der Waals surface area contributed by atoms with Crippen LogP contribution in [0, 0.1) is 6.92 Å². The first-order chi connectivity index (χ1) is 10.0. The number of nitrogens with zero attached hydrogens (tertiary/aromatic N) is 1. The van der Waals surface area contributed by atoms with Gasteiger partial charge in [0.1, 0.15) is 17.3 Å². The molecule has 5 heteroatoms. The number of furan rings is 1. The maximum atomic E-state index is 12.0. The van der Waals surface area contributed by atoms with E-state index in [0.717, 1.165) is 11.5 Å². The smallest absolute Gasteiger partial charge is 0.226 e. The summed E-state index contributed by atoms with van der Waals surface area (Å²) in [6.07, 6.45) is 0.320. The molecule has 2 aromatic rings. The highest BCUT2D eigenvalue weighted by Crippen LogP contribution is 2.13. The molecule has 21 heavy (non-hydrogen) atoms. The summed E-state index contributed by atoms with van der Waals surface area (Å²) < 4.78 is 11.0. The lowest BCUT2D eigenvalue weighted by atomic mass is 10.3. The van der Waals surface area contributed by atoms with Crippen LogP contribution >= 0.6 is 0 Å². The molecule has 0 unspecified atom stereocenters. The minimum Gasteiger partial charge on any atom is -0.493 e. The van der Waals surface area contributed by atoms with Gasteiger partial charge in [0.25, 0.3) is 0 Å².